The van der Waals surface area contributed by atoms with Crippen LogP contribution >= 0.6 is 0 Å². The standard InChI is InChI=1S/C25H33N3O3/c1-17(2)30-21-13-19(14-22(15-21)31-18(3)4)16-27-11-9-20(10-12-27)28-24-8-6-5-7-23(24)26-25(28)29/h5-8,13-15,17-18,20H,9-12,16H2,1-4H3,(H,26,29). The maximum absolute atomic E-state index is 12.5. The van der Waals surface area contributed by atoms with Crippen LogP contribution in [-0.4, -0.2) is 39.7 Å². The zero-order chi connectivity index (χ0) is 22.0. The number of fused-ring (bicyclic) bond motifs is 1. The molecule has 0 amide bonds. The van der Waals surface area contributed by atoms with Gasteiger partial charge in [-0.1, -0.05) is 12.1 Å². The zero-order valence-corrected chi connectivity index (χ0v) is 18.9. The number of nitrogens with one attached hydrogen (secondary N) is 1. The molecule has 0 radical (unpaired) electrons. The lowest BCUT2D eigenvalue weighted by Crippen LogP contribution is -2.36. The highest BCUT2D eigenvalue weighted by Crippen LogP contribution is 2.29. The molecule has 0 spiro atoms. The minimum absolute atomic E-state index is 0.00587. The molecule has 3 aromatic rings. The van der Waals surface area contributed by atoms with Gasteiger partial charge in [-0.3, -0.25) is 9.47 Å². The Morgan fingerprint density at radius 1 is 0.968 bits per heavy atom. The summed E-state index contributed by atoms with van der Waals surface area (Å²) < 4.78 is 13.8. The van der Waals surface area contributed by atoms with Crippen molar-refractivity contribution in [2.45, 2.75) is 65.3 Å². The Bertz CT molecular complexity index is 1050. The molecule has 4 rings (SSSR count). The van der Waals surface area contributed by atoms with E-state index in [1.165, 1.54) is 5.56 Å². The van der Waals surface area contributed by atoms with Crippen LogP contribution in [-0.2, 0) is 6.54 Å². The fourth-order valence-electron chi connectivity index (χ4n) is 4.43. The predicted molar refractivity (Wildman–Crippen MR) is 124 cm³/mol. The number of likely N-dealkylation sites (tertiary alicyclic amines) is 1. The third kappa shape index (κ3) is 5.13. The Hall–Kier alpha value is -2.73. The van der Waals surface area contributed by atoms with E-state index in [-0.39, 0.29) is 23.9 Å². The van der Waals surface area contributed by atoms with Crippen molar-refractivity contribution in [3.8, 4) is 11.5 Å². The molecule has 1 aliphatic heterocycles. The molecule has 2 heterocycles. The predicted octanol–water partition coefficient (Wildman–Crippen LogP) is 4.74. The Kier molecular flexibility index (Phi) is 6.37. The smallest absolute Gasteiger partial charge is 0.326 e. The van der Waals surface area contributed by atoms with Crippen LogP contribution in [0.25, 0.3) is 11.0 Å². The molecule has 0 bridgehead atoms. The summed E-state index contributed by atoms with van der Waals surface area (Å²) in [7, 11) is 0. The fraction of sp³-hybridized carbons (Fsp3) is 0.480. The maximum atomic E-state index is 12.5. The molecule has 1 aliphatic rings. The molecular formula is C25H33N3O3. The van der Waals surface area contributed by atoms with Crippen LogP contribution in [0.2, 0.25) is 0 Å². The molecule has 31 heavy (non-hydrogen) atoms. The molecule has 1 saturated heterocycles. The molecule has 0 saturated carbocycles. The molecule has 0 atom stereocenters. The molecule has 1 N–H and O–H groups in total. The molecule has 0 aliphatic carbocycles. The van der Waals surface area contributed by atoms with Crippen LogP contribution in [0, 0.1) is 0 Å². The number of benzene rings is 2. The van der Waals surface area contributed by atoms with Crippen molar-refractivity contribution in [3.63, 3.8) is 0 Å². The topological polar surface area (TPSA) is 59.5 Å². The zero-order valence-electron chi connectivity index (χ0n) is 18.9. The Morgan fingerprint density at radius 3 is 2.19 bits per heavy atom. The third-order valence-corrected chi connectivity index (χ3v) is 5.64. The van der Waals surface area contributed by atoms with Gasteiger partial charge in [0.2, 0.25) is 0 Å². The van der Waals surface area contributed by atoms with Gasteiger partial charge in [-0.25, -0.2) is 4.79 Å². The van der Waals surface area contributed by atoms with Gasteiger partial charge in [-0.2, -0.15) is 0 Å². The summed E-state index contributed by atoms with van der Waals surface area (Å²) in [6.45, 7) is 10.9. The number of para-hydroxylation sites is 2. The van der Waals surface area contributed by atoms with Crippen molar-refractivity contribution in [2.75, 3.05) is 13.1 Å². The van der Waals surface area contributed by atoms with E-state index >= 15 is 0 Å². The van der Waals surface area contributed by atoms with Crippen molar-refractivity contribution in [1.82, 2.24) is 14.5 Å². The van der Waals surface area contributed by atoms with Gasteiger partial charge in [0.1, 0.15) is 11.5 Å². The molecule has 6 heteroatoms. The lowest BCUT2D eigenvalue weighted by atomic mass is 10.0. The highest BCUT2D eigenvalue weighted by Gasteiger charge is 2.24. The quantitative estimate of drug-likeness (QED) is 0.596. The van der Waals surface area contributed by atoms with E-state index in [2.05, 4.69) is 22.0 Å². The first-order valence-electron chi connectivity index (χ1n) is 11.3. The van der Waals surface area contributed by atoms with Crippen LogP contribution in [0.1, 0.15) is 52.1 Å². The van der Waals surface area contributed by atoms with Gasteiger partial charge in [0.15, 0.2) is 0 Å². The highest BCUT2D eigenvalue weighted by molar-refractivity contribution is 5.75. The van der Waals surface area contributed by atoms with Crippen LogP contribution in [0.5, 0.6) is 11.5 Å². The summed E-state index contributed by atoms with van der Waals surface area (Å²) >= 11 is 0. The van der Waals surface area contributed by atoms with Crippen LogP contribution in [0.4, 0.5) is 0 Å². The average Bonchev–Trinajstić information content (AvgIpc) is 3.03. The summed E-state index contributed by atoms with van der Waals surface area (Å²) in [4.78, 5) is 18.0. The number of aromatic nitrogens is 2. The van der Waals surface area contributed by atoms with E-state index in [1.54, 1.807) is 0 Å². The van der Waals surface area contributed by atoms with E-state index in [1.807, 2.05) is 62.6 Å². The number of rotatable bonds is 7. The number of H-pyrrole nitrogens is 1. The Balaban J connectivity index is 1.46. The molecule has 166 valence electrons. The van der Waals surface area contributed by atoms with Crippen molar-refractivity contribution >= 4 is 11.0 Å². The molecule has 1 fully saturated rings. The summed E-state index contributed by atoms with van der Waals surface area (Å²) in [5, 5.41) is 0. The minimum Gasteiger partial charge on any atom is -0.491 e. The molecule has 1 aromatic heterocycles. The van der Waals surface area contributed by atoms with Crippen molar-refractivity contribution < 1.29 is 9.47 Å². The van der Waals surface area contributed by atoms with Gasteiger partial charge in [-0.15, -0.1) is 0 Å². The first-order chi connectivity index (χ1) is 14.9. The van der Waals surface area contributed by atoms with Crippen LogP contribution < -0.4 is 15.2 Å². The van der Waals surface area contributed by atoms with Gasteiger partial charge in [0, 0.05) is 31.7 Å². The third-order valence-electron chi connectivity index (χ3n) is 5.64. The number of piperidine rings is 1. The number of imidazole rings is 1. The minimum atomic E-state index is -0.00587. The number of ether oxygens (including phenoxy) is 2. The van der Waals surface area contributed by atoms with Gasteiger partial charge in [0.25, 0.3) is 0 Å². The van der Waals surface area contributed by atoms with Crippen molar-refractivity contribution in [1.29, 1.82) is 0 Å². The average molecular weight is 424 g/mol. The van der Waals surface area contributed by atoms with E-state index in [4.69, 9.17) is 9.47 Å². The van der Waals surface area contributed by atoms with Gasteiger partial charge >= 0.3 is 5.69 Å². The van der Waals surface area contributed by atoms with E-state index < -0.39 is 0 Å². The van der Waals surface area contributed by atoms with Crippen molar-refractivity contribution in [2.24, 2.45) is 0 Å². The van der Waals surface area contributed by atoms with Crippen molar-refractivity contribution in [3.05, 3.63) is 58.5 Å². The number of nitrogens with zero attached hydrogens (tertiary/aromatic N) is 2. The Morgan fingerprint density at radius 2 is 1.58 bits per heavy atom. The second kappa shape index (κ2) is 9.18. The van der Waals surface area contributed by atoms with Gasteiger partial charge < -0.3 is 14.5 Å². The highest BCUT2D eigenvalue weighted by atomic mass is 16.5. The first-order valence-corrected chi connectivity index (χ1v) is 11.3. The van der Waals surface area contributed by atoms with Crippen LogP contribution in [0.3, 0.4) is 0 Å². The normalized spacial score (nSPS) is 15.8. The van der Waals surface area contributed by atoms with E-state index in [9.17, 15) is 4.79 Å². The monoisotopic (exact) mass is 423 g/mol. The van der Waals surface area contributed by atoms with E-state index in [0.717, 1.165) is 55.0 Å². The summed E-state index contributed by atoms with van der Waals surface area (Å²) in [5.41, 5.74) is 3.10. The summed E-state index contributed by atoms with van der Waals surface area (Å²) in [5.74, 6) is 1.70. The number of hydrogen-bond donors (Lipinski definition) is 1. The van der Waals surface area contributed by atoms with Gasteiger partial charge in [-0.05, 0) is 70.4 Å². The molecule has 6 nitrogen and oxygen atoms in total. The summed E-state index contributed by atoms with van der Waals surface area (Å²) in [6, 6.07) is 14.4. The first kappa shape index (κ1) is 21.5. The lowest BCUT2D eigenvalue weighted by molar-refractivity contribution is 0.178. The van der Waals surface area contributed by atoms with E-state index in [0.29, 0.717) is 0 Å². The largest absolute Gasteiger partial charge is 0.491 e. The second-order valence-electron chi connectivity index (χ2n) is 8.97. The maximum Gasteiger partial charge on any atom is 0.326 e. The second-order valence-corrected chi connectivity index (χ2v) is 8.97. The SMILES string of the molecule is CC(C)Oc1cc(CN2CCC(n3c(=O)[nH]c4ccccc43)CC2)cc(OC(C)C)c1. The fourth-order valence-corrected chi connectivity index (χ4v) is 4.43. The lowest BCUT2D eigenvalue weighted by Gasteiger charge is -2.32. The number of aromatic amines is 1. The molecule has 0 unspecified atom stereocenters. The number of hydrogen-bond acceptors (Lipinski definition) is 4. The molecular weight excluding hydrogens is 390 g/mol. The summed E-state index contributed by atoms with van der Waals surface area (Å²) in [6.07, 6.45) is 2.15. The Labute approximate surface area is 183 Å². The molecule has 2 aromatic carbocycles. The van der Waals surface area contributed by atoms with Crippen LogP contribution in [0.15, 0.2) is 47.3 Å². The van der Waals surface area contributed by atoms with Gasteiger partial charge in [0.05, 0.1) is 23.2 Å².